The van der Waals surface area contributed by atoms with Gasteiger partial charge in [0.1, 0.15) is 11.8 Å². The molecular formula is C48H62Cl2N2O8. The number of quaternary nitrogens is 1. The third kappa shape index (κ3) is 10.2. The van der Waals surface area contributed by atoms with E-state index in [1.54, 1.807) is 28.4 Å². The molecule has 0 saturated heterocycles. The highest BCUT2D eigenvalue weighted by atomic mass is 35.5. The monoisotopic (exact) mass is 864 g/mol. The molecule has 0 fully saturated rings. The first kappa shape index (κ1) is 46.7. The molecule has 0 N–H and O–H groups in total. The predicted molar refractivity (Wildman–Crippen MR) is 237 cm³/mol. The third-order valence-electron chi connectivity index (χ3n) is 12.8. The molecule has 12 heteroatoms. The van der Waals surface area contributed by atoms with E-state index in [1.807, 2.05) is 6.07 Å². The smallest absolute Gasteiger partial charge is 0.204 e. The Morgan fingerprint density at radius 3 is 2.07 bits per heavy atom. The van der Waals surface area contributed by atoms with Gasteiger partial charge in [0.05, 0.1) is 54.1 Å². The Kier molecular flexibility index (Phi) is 16.3. The second-order valence-electron chi connectivity index (χ2n) is 16.5. The summed E-state index contributed by atoms with van der Waals surface area (Å²) in [4.78, 5) is 13.3. The fourth-order valence-corrected chi connectivity index (χ4v) is 9.40. The van der Waals surface area contributed by atoms with Crippen LogP contribution in [0.1, 0.15) is 96.8 Å². The Morgan fingerprint density at radius 1 is 0.733 bits per heavy atom. The Balaban J connectivity index is 0.00000341. The number of hydrogen-bond donors (Lipinski definition) is 0. The summed E-state index contributed by atoms with van der Waals surface area (Å²) in [5.74, 6) is 4.40. The van der Waals surface area contributed by atoms with Gasteiger partial charge < -0.3 is 42.8 Å². The van der Waals surface area contributed by atoms with Crippen LogP contribution in [0.25, 0.3) is 0 Å². The number of carbonyl (C=O) groups is 1. The maximum Gasteiger partial charge on any atom is 0.204 e. The molecule has 326 valence electrons. The van der Waals surface area contributed by atoms with Crippen molar-refractivity contribution in [3.8, 4) is 46.0 Å². The SMILES string of the molecule is COc1ccc2cc1Oc1ccc(cc1)CC1c3cc(c(OC)cc3CCN1C)Oc1c(OC)c(OC)cc3c1C(C2)[N+](C)(CCCCCCCCCC(=O)[O-])CC3.Cl.Cl. The van der Waals surface area contributed by atoms with Gasteiger partial charge in [-0.2, -0.15) is 0 Å². The number of unbranched alkanes of at least 4 members (excludes halogenated alkanes) is 6. The highest BCUT2D eigenvalue weighted by Crippen LogP contribution is 2.53. The Hall–Kier alpha value is -4.35. The summed E-state index contributed by atoms with van der Waals surface area (Å²) in [5.41, 5.74) is 7.17. The molecule has 0 amide bonds. The Labute approximate surface area is 368 Å². The van der Waals surface area contributed by atoms with Crippen molar-refractivity contribution in [3.63, 3.8) is 0 Å². The average molecular weight is 866 g/mol. The molecule has 0 saturated carbocycles. The van der Waals surface area contributed by atoms with Crippen molar-refractivity contribution in [2.75, 3.05) is 62.2 Å². The fraction of sp³-hybridized carbons (Fsp3) is 0.479. The van der Waals surface area contributed by atoms with Gasteiger partial charge in [-0.25, -0.2) is 0 Å². The van der Waals surface area contributed by atoms with Crippen molar-refractivity contribution in [3.05, 3.63) is 94.0 Å². The van der Waals surface area contributed by atoms with Gasteiger partial charge in [0.15, 0.2) is 34.5 Å². The average Bonchev–Trinajstić information content (AvgIpc) is 3.22. The third-order valence-corrected chi connectivity index (χ3v) is 12.8. The van der Waals surface area contributed by atoms with Crippen LogP contribution in [0.15, 0.2) is 60.7 Å². The largest absolute Gasteiger partial charge is 0.550 e. The molecule has 0 spiro atoms. The van der Waals surface area contributed by atoms with Crippen LogP contribution in [0.4, 0.5) is 0 Å². The Morgan fingerprint density at radius 2 is 1.38 bits per heavy atom. The van der Waals surface area contributed by atoms with Gasteiger partial charge >= 0.3 is 0 Å². The van der Waals surface area contributed by atoms with Gasteiger partial charge in [-0.05, 0) is 116 Å². The number of halogens is 2. The lowest BCUT2D eigenvalue weighted by Gasteiger charge is -2.46. The molecule has 0 aromatic heterocycles. The molecule has 4 aromatic carbocycles. The van der Waals surface area contributed by atoms with Crippen LogP contribution < -0.4 is 33.5 Å². The highest BCUT2D eigenvalue weighted by Gasteiger charge is 2.43. The van der Waals surface area contributed by atoms with Crippen LogP contribution in [0, 0.1) is 0 Å². The lowest BCUT2D eigenvalue weighted by atomic mass is 9.85. The normalized spacial score (nSPS) is 19.2. The number of carbonyl (C=O) groups excluding carboxylic acids is 1. The molecule has 3 unspecified atom stereocenters. The number of rotatable bonds is 14. The van der Waals surface area contributed by atoms with E-state index < -0.39 is 5.97 Å². The molecular weight excluding hydrogens is 803 g/mol. The number of methoxy groups -OCH3 is 4. The van der Waals surface area contributed by atoms with Gasteiger partial charge in [0.25, 0.3) is 0 Å². The van der Waals surface area contributed by atoms with E-state index in [0.717, 1.165) is 105 Å². The number of aliphatic carboxylic acids is 1. The van der Waals surface area contributed by atoms with E-state index in [2.05, 4.69) is 73.6 Å². The lowest BCUT2D eigenvalue weighted by molar-refractivity contribution is -0.941. The summed E-state index contributed by atoms with van der Waals surface area (Å²) in [5, 5.41) is 10.8. The number of benzene rings is 4. The fourth-order valence-electron chi connectivity index (χ4n) is 9.40. The first-order chi connectivity index (χ1) is 28.1. The maximum absolute atomic E-state index is 10.8. The zero-order valence-corrected chi connectivity index (χ0v) is 37.6. The molecule has 3 atom stereocenters. The number of carboxylic acid groups (broad SMARTS) is 1. The zero-order chi connectivity index (χ0) is 40.8. The highest BCUT2D eigenvalue weighted by molar-refractivity contribution is 5.85. The van der Waals surface area contributed by atoms with E-state index in [0.29, 0.717) is 46.7 Å². The molecule has 0 radical (unpaired) electrons. The topological polar surface area (TPSA) is 98.8 Å². The quantitative estimate of drug-likeness (QED) is 0.0908. The van der Waals surface area contributed by atoms with Crippen LogP contribution in [-0.2, 0) is 30.5 Å². The molecule has 8 rings (SSSR count). The number of carboxylic acids is 1. The van der Waals surface area contributed by atoms with Crippen LogP contribution in [0.5, 0.6) is 46.0 Å². The van der Waals surface area contributed by atoms with Crippen molar-refractivity contribution < 1.29 is 42.8 Å². The minimum Gasteiger partial charge on any atom is -0.550 e. The van der Waals surface area contributed by atoms with Crippen LogP contribution in [0.2, 0.25) is 0 Å². The second kappa shape index (κ2) is 21.0. The van der Waals surface area contributed by atoms with E-state index in [1.165, 1.54) is 22.3 Å². The Bertz CT molecular complexity index is 2080. The number of ether oxygens (including phenoxy) is 6. The van der Waals surface area contributed by atoms with Crippen LogP contribution >= 0.6 is 24.8 Å². The summed E-state index contributed by atoms with van der Waals surface area (Å²) in [6.07, 6.45) is 10.6. The summed E-state index contributed by atoms with van der Waals surface area (Å²) in [7, 11) is 11.4. The number of fused-ring (bicyclic) bond motifs is 2. The summed E-state index contributed by atoms with van der Waals surface area (Å²) in [6.45, 7) is 2.89. The minimum atomic E-state index is -0.958. The molecule has 6 bridgehead atoms. The first-order valence-electron chi connectivity index (χ1n) is 21.0. The molecule has 4 aliphatic heterocycles. The van der Waals surface area contributed by atoms with Gasteiger partial charge in [0.2, 0.25) is 5.75 Å². The van der Waals surface area contributed by atoms with Crippen molar-refractivity contribution in [1.29, 1.82) is 0 Å². The van der Waals surface area contributed by atoms with E-state index in [9.17, 15) is 9.90 Å². The zero-order valence-electron chi connectivity index (χ0n) is 36.0. The second-order valence-corrected chi connectivity index (χ2v) is 16.5. The van der Waals surface area contributed by atoms with Crippen molar-refractivity contribution in [2.24, 2.45) is 0 Å². The van der Waals surface area contributed by atoms with Gasteiger partial charge in [-0.15, -0.1) is 24.8 Å². The molecule has 4 heterocycles. The van der Waals surface area contributed by atoms with Crippen LogP contribution in [-0.4, -0.2) is 77.5 Å². The van der Waals surface area contributed by atoms with Gasteiger partial charge in [0, 0.05) is 31.4 Å². The molecule has 10 nitrogen and oxygen atoms in total. The number of likely N-dealkylation sites (N-methyl/N-ethyl adjacent to an activating group) is 2. The summed E-state index contributed by atoms with van der Waals surface area (Å²) in [6, 6.07) is 21.4. The minimum absolute atomic E-state index is 0. The maximum atomic E-state index is 10.8. The van der Waals surface area contributed by atoms with E-state index >= 15 is 0 Å². The van der Waals surface area contributed by atoms with Gasteiger partial charge in [-0.3, -0.25) is 4.90 Å². The molecule has 60 heavy (non-hydrogen) atoms. The van der Waals surface area contributed by atoms with Crippen molar-refractivity contribution in [2.45, 2.75) is 89.1 Å². The molecule has 4 aliphatic rings. The van der Waals surface area contributed by atoms with Crippen molar-refractivity contribution in [1.82, 2.24) is 4.90 Å². The van der Waals surface area contributed by atoms with E-state index in [4.69, 9.17) is 28.4 Å². The number of hydrogen-bond acceptors (Lipinski definition) is 9. The van der Waals surface area contributed by atoms with E-state index in [-0.39, 0.29) is 43.3 Å². The molecule has 4 aromatic rings. The molecule has 0 aliphatic carbocycles. The lowest BCUT2D eigenvalue weighted by Crippen LogP contribution is -2.52. The van der Waals surface area contributed by atoms with Crippen molar-refractivity contribution >= 4 is 30.8 Å². The number of nitrogens with zero attached hydrogens (tertiary/aromatic N) is 2. The standard InChI is InChI=1S/C48H60N2O8.2ClH/c1-49-23-21-34-29-41(54-4)43-31-37(34)38(49)26-32-15-18-36(19-16-32)57-42-28-33(17-20-40(42)53-3)27-39-46-35(30-44(55-5)47(56-6)48(46)58-43)22-25-50(39,2)24-13-11-9-7-8-10-12-14-45(51)52;;/h15-20,28-31,38-39H,7-14,21-27H2,1-6H3;2*1H. The van der Waals surface area contributed by atoms with Crippen LogP contribution in [0.3, 0.4) is 0 Å². The summed E-state index contributed by atoms with van der Waals surface area (Å²) >= 11 is 0. The van der Waals surface area contributed by atoms with Gasteiger partial charge in [-0.1, -0.05) is 43.9 Å². The predicted octanol–water partition coefficient (Wildman–Crippen LogP) is 9.39. The summed E-state index contributed by atoms with van der Waals surface area (Å²) < 4.78 is 38.8. The first-order valence-corrected chi connectivity index (χ1v) is 21.0.